The lowest BCUT2D eigenvalue weighted by molar-refractivity contribution is -0.147. The van der Waals surface area contributed by atoms with Crippen LogP contribution in [0.5, 0.6) is 0 Å². The number of carbonyl (C=O) groups excluding carboxylic acids is 1. The molecule has 2 rings (SSSR count). The average Bonchev–Trinajstić information content (AvgIpc) is 2.28. The summed E-state index contributed by atoms with van der Waals surface area (Å²) in [6.07, 6.45) is 6.94. The molecule has 2 aliphatic rings. The van der Waals surface area contributed by atoms with Crippen molar-refractivity contribution >= 4 is 5.97 Å². The molecule has 78 valence electrons. The topological polar surface area (TPSA) is 26.3 Å². The van der Waals surface area contributed by atoms with Gasteiger partial charge < -0.3 is 4.74 Å². The highest BCUT2D eigenvalue weighted by Gasteiger charge is 2.53. The molecule has 0 bridgehead atoms. The van der Waals surface area contributed by atoms with Gasteiger partial charge in [0.25, 0.3) is 0 Å². The third-order valence-corrected chi connectivity index (χ3v) is 3.69. The van der Waals surface area contributed by atoms with Gasteiger partial charge in [-0.25, -0.2) is 0 Å². The molecule has 0 unspecified atom stereocenters. The van der Waals surface area contributed by atoms with E-state index in [2.05, 4.69) is 32.9 Å². The fraction of sp³-hybridized carbons (Fsp3) is 0.750. The lowest BCUT2D eigenvalue weighted by Gasteiger charge is -2.39. The standard InChI is InChI=1S/C12H18O2/c1-9-4-6-12(7-5-9)11(2,3)8-10(13)14-12/h4,6,9H,5,7-8H2,1-3H3/t9-,12+/m0/s1. The molecule has 2 heteroatoms. The van der Waals surface area contributed by atoms with Gasteiger partial charge in [0.05, 0.1) is 6.42 Å². The predicted molar refractivity (Wildman–Crippen MR) is 54.8 cm³/mol. The van der Waals surface area contributed by atoms with E-state index in [9.17, 15) is 4.79 Å². The fourth-order valence-corrected chi connectivity index (χ4v) is 2.48. The Labute approximate surface area is 85.3 Å². The van der Waals surface area contributed by atoms with Crippen LogP contribution in [0.15, 0.2) is 12.2 Å². The van der Waals surface area contributed by atoms with Crippen molar-refractivity contribution < 1.29 is 9.53 Å². The second-order valence-electron chi connectivity index (χ2n) is 5.30. The summed E-state index contributed by atoms with van der Waals surface area (Å²) in [6, 6.07) is 0. The van der Waals surface area contributed by atoms with Crippen LogP contribution >= 0.6 is 0 Å². The van der Waals surface area contributed by atoms with Gasteiger partial charge in [-0.2, -0.15) is 0 Å². The summed E-state index contributed by atoms with van der Waals surface area (Å²) in [5.41, 5.74) is -0.350. The van der Waals surface area contributed by atoms with E-state index in [-0.39, 0.29) is 17.0 Å². The zero-order valence-electron chi connectivity index (χ0n) is 9.17. The maximum Gasteiger partial charge on any atom is 0.307 e. The van der Waals surface area contributed by atoms with E-state index < -0.39 is 0 Å². The van der Waals surface area contributed by atoms with Crippen LogP contribution in [0.1, 0.15) is 40.0 Å². The first-order valence-electron chi connectivity index (χ1n) is 5.36. The van der Waals surface area contributed by atoms with Crippen LogP contribution in [0, 0.1) is 11.3 Å². The molecule has 1 spiro atoms. The first-order valence-corrected chi connectivity index (χ1v) is 5.36. The zero-order chi connectivity index (χ0) is 10.4. The molecule has 0 saturated carbocycles. The third-order valence-electron chi connectivity index (χ3n) is 3.69. The van der Waals surface area contributed by atoms with Gasteiger partial charge in [-0.05, 0) is 24.8 Å². The van der Waals surface area contributed by atoms with Crippen molar-refractivity contribution in [1.82, 2.24) is 0 Å². The molecule has 1 aliphatic heterocycles. The van der Waals surface area contributed by atoms with Gasteiger partial charge in [0.15, 0.2) is 0 Å². The van der Waals surface area contributed by atoms with E-state index in [0.29, 0.717) is 12.3 Å². The van der Waals surface area contributed by atoms with E-state index in [1.54, 1.807) is 0 Å². The Bertz CT molecular complexity index is 291. The lowest BCUT2D eigenvalue weighted by Crippen LogP contribution is -2.41. The number of allylic oxidation sites excluding steroid dienone is 1. The molecule has 0 amide bonds. The smallest absolute Gasteiger partial charge is 0.307 e. The predicted octanol–water partition coefficient (Wildman–Crippen LogP) is 2.68. The minimum atomic E-state index is -0.309. The Morgan fingerprint density at radius 3 is 2.64 bits per heavy atom. The summed E-state index contributed by atoms with van der Waals surface area (Å²) in [7, 11) is 0. The van der Waals surface area contributed by atoms with E-state index in [1.165, 1.54) is 0 Å². The highest BCUT2D eigenvalue weighted by atomic mass is 16.6. The van der Waals surface area contributed by atoms with Gasteiger partial charge in [0, 0.05) is 5.41 Å². The Morgan fingerprint density at radius 1 is 1.50 bits per heavy atom. The van der Waals surface area contributed by atoms with Crippen molar-refractivity contribution in [3.05, 3.63) is 12.2 Å². The molecule has 0 aromatic carbocycles. The number of hydrogen-bond donors (Lipinski definition) is 0. The van der Waals surface area contributed by atoms with Crippen molar-refractivity contribution in [3.63, 3.8) is 0 Å². The van der Waals surface area contributed by atoms with Crippen LogP contribution in [-0.4, -0.2) is 11.6 Å². The van der Waals surface area contributed by atoms with Crippen LogP contribution < -0.4 is 0 Å². The van der Waals surface area contributed by atoms with Gasteiger partial charge in [-0.1, -0.05) is 26.8 Å². The third kappa shape index (κ3) is 1.28. The molecule has 2 nitrogen and oxygen atoms in total. The maximum absolute atomic E-state index is 11.4. The van der Waals surface area contributed by atoms with Crippen molar-refractivity contribution in [2.45, 2.75) is 45.6 Å². The number of carbonyl (C=O) groups is 1. The molecule has 0 N–H and O–H groups in total. The molecule has 1 saturated heterocycles. The van der Waals surface area contributed by atoms with Crippen molar-refractivity contribution in [2.75, 3.05) is 0 Å². The Hall–Kier alpha value is -0.790. The number of hydrogen-bond acceptors (Lipinski definition) is 2. The molecule has 0 radical (unpaired) electrons. The Morgan fingerprint density at radius 2 is 2.21 bits per heavy atom. The second-order valence-corrected chi connectivity index (χ2v) is 5.30. The Balaban J connectivity index is 2.32. The van der Waals surface area contributed by atoms with E-state index in [0.717, 1.165) is 12.8 Å². The van der Waals surface area contributed by atoms with Gasteiger partial charge in [0.2, 0.25) is 0 Å². The van der Waals surface area contributed by atoms with Gasteiger partial charge in [0.1, 0.15) is 5.60 Å². The zero-order valence-corrected chi connectivity index (χ0v) is 9.17. The number of esters is 1. The highest BCUT2D eigenvalue weighted by Crippen LogP contribution is 2.49. The monoisotopic (exact) mass is 194 g/mol. The summed E-state index contributed by atoms with van der Waals surface area (Å²) < 4.78 is 5.53. The lowest BCUT2D eigenvalue weighted by atomic mass is 9.69. The quantitative estimate of drug-likeness (QED) is 0.438. The Kier molecular flexibility index (Phi) is 1.98. The first-order chi connectivity index (χ1) is 6.45. The summed E-state index contributed by atoms with van der Waals surface area (Å²) in [5, 5.41) is 0. The molecule has 2 atom stereocenters. The molecule has 0 aromatic rings. The normalized spacial score (nSPS) is 40.2. The molecule has 0 aromatic heterocycles. The molecular formula is C12H18O2. The average molecular weight is 194 g/mol. The van der Waals surface area contributed by atoms with Crippen molar-refractivity contribution in [1.29, 1.82) is 0 Å². The molecule has 14 heavy (non-hydrogen) atoms. The fourth-order valence-electron chi connectivity index (χ4n) is 2.48. The molecule has 1 heterocycles. The first kappa shape index (κ1) is 9.75. The molecule has 1 aliphatic carbocycles. The van der Waals surface area contributed by atoms with E-state index in [1.807, 2.05) is 0 Å². The number of ether oxygens (including phenoxy) is 1. The van der Waals surface area contributed by atoms with Crippen LogP contribution in [-0.2, 0) is 9.53 Å². The van der Waals surface area contributed by atoms with Crippen molar-refractivity contribution in [2.24, 2.45) is 11.3 Å². The SMILES string of the molecule is C[C@H]1C=C[C@]2(CC1)OC(=O)CC2(C)C. The molecular weight excluding hydrogens is 176 g/mol. The van der Waals surface area contributed by atoms with Crippen LogP contribution in [0.4, 0.5) is 0 Å². The van der Waals surface area contributed by atoms with E-state index >= 15 is 0 Å². The summed E-state index contributed by atoms with van der Waals surface area (Å²) in [4.78, 5) is 11.4. The summed E-state index contributed by atoms with van der Waals surface area (Å²) >= 11 is 0. The minimum Gasteiger partial charge on any atom is -0.454 e. The van der Waals surface area contributed by atoms with Crippen LogP contribution in [0.2, 0.25) is 0 Å². The van der Waals surface area contributed by atoms with Gasteiger partial charge in [-0.3, -0.25) is 4.79 Å². The number of rotatable bonds is 0. The second kappa shape index (κ2) is 2.85. The highest BCUT2D eigenvalue weighted by molar-refractivity contribution is 5.74. The van der Waals surface area contributed by atoms with Crippen LogP contribution in [0.3, 0.4) is 0 Å². The summed E-state index contributed by atoms with van der Waals surface area (Å²) in [6.45, 7) is 6.45. The van der Waals surface area contributed by atoms with Gasteiger partial charge in [-0.15, -0.1) is 0 Å². The van der Waals surface area contributed by atoms with Crippen LogP contribution in [0.25, 0.3) is 0 Å². The van der Waals surface area contributed by atoms with Gasteiger partial charge >= 0.3 is 5.97 Å². The summed E-state index contributed by atoms with van der Waals surface area (Å²) in [5.74, 6) is 0.574. The minimum absolute atomic E-state index is 0.0409. The maximum atomic E-state index is 11.4. The molecule has 1 fully saturated rings. The van der Waals surface area contributed by atoms with E-state index in [4.69, 9.17) is 4.74 Å². The largest absolute Gasteiger partial charge is 0.454 e. The van der Waals surface area contributed by atoms with Crippen molar-refractivity contribution in [3.8, 4) is 0 Å².